The van der Waals surface area contributed by atoms with Crippen LogP contribution in [-0.4, -0.2) is 5.11 Å². The molecule has 1 heteroatoms. The van der Waals surface area contributed by atoms with Gasteiger partial charge in [0.1, 0.15) is 6.10 Å². The van der Waals surface area contributed by atoms with E-state index in [9.17, 15) is 5.11 Å². The third-order valence-electron chi connectivity index (χ3n) is 2.77. The van der Waals surface area contributed by atoms with Crippen molar-refractivity contribution >= 4 is 0 Å². The third-order valence-corrected chi connectivity index (χ3v) is 2.77. The molecule has 2 aromatic rings. The first-order valence-corrected chi connectivity index (χ1v) is 6.02. The summed E-state index contributed by atoms with van der Waals surface area (Å²) in [6, 6.07) is 17.8. The van der Waals surface area contributed by atoms with Crippen molar-refractivity contribution in [2.75, 3.05) is 0 Å². The summed E-state index contributed by atoms with van der Waals surface area (Å²) >= 11 is 0. The number of benzene rings is 2. The fraction of sp³-hybridized carbons (Fsp3) is 0.176. The summed E-state index contributed by atoms with van der Waals surface area (Å²) in [5.74, 6) is 5.89. The van der Waals surface area contributed by atoms with Gasteiger partial charge in [0.25, 0.3) is 0 Å². The van der Waals surface area contributed by atoms with E-state index in [1.165, 1.54) is 11.1 Å². The summed E-state index contributed by atoms with van der Waals surface area (Å²) in [5.41, 5.74) is 3.20. The topological polar surface area (TPSA) is 20.2 Å². The fourth-order valence-electron chi connectivity index (χ4n) is 1.68. The van der Waals surface area contributed by atoms with E-state index in [0.717, 1.165) is 5.56 Å². The molecule has 0 fully saturated rings. The first-order chi connectivity index (χ1) is 8.75. The SMILES string of the molecule is Cc1ccc(C(O)C#CCc2ccccc2)cc1. The third kappa shape index (κ3) is 3.48. The van der Waals surface area contributed by atoms with Gasteiger partial charge in [0, 0.05) is 6.42 Å². The molecule has 1 unspecified atom stereocenters. The van der Waals surface area contributed by atoms with Crippen LogP contribution in [0.3, 0.4) is 0 Å². The number of aryl methyl sites for hydroxylation is 1. The molecule has 2 aromatic carbocycles. The lowest BCUT2D eigenvalue weighted by atomic mass is 10.1. The second-order valence-electron chi connectivity index (χ2n) is 4.30. The summed E-state index contributed by atoms with van der Waals surface area (Å²) in [7, 11) is 0. The quantitative estimate of drug-likeness (QED) is 0.793. The predicted octanol–water partition coefficient (Wildman–Crippen LogP) is 3.27. The molecule has 0 aromatic heterocycles. The van der Waals surface area contributed by atoms with E-state index in [1.807, 2.05) is 61.5 Å². The second-order valence-corrected chi connectivity index (χ2v) is 4.30. The molecular formula is C17H16O. The summed E-state index contributed by atoms with van der Waals surface area (Å²) in [5, 5.41) is 9.92. The molecule has 0 radical (unpaired) electrons. The lowest BCUT2D eigenvalue weighted by Gasteiger charge is -2.03. The van der Waals surface area contributed by atoms with Crippen molar-refractivity contribution in [2.45, 2.75) is 19.4 Å². The largest absolute Gasteiger partial charge is 0.376 e. The van der Waals surface area contributed by atoms with E-state index in [4.69, 9.17) is 0 Å². The molecule has 1 atom stereocenters. The molecule has 0 aliphatic heterocycles. The molecule has 2 rings (SSSR count). The fourth-order valence-corrected chi connectivity index (χ4v) is 1.68. The first-order valence-electron chi connectivity index (χ1n) is 6.02. The Morgan fingerprint density at radius 1 is 1.00 bits per heavy atom. The zero-order valence-electron chi connectivity index (χ0n) is 10.4. The lowest BCUT2D eigenvalue weighted by molar-refractivity contribution is 0.238. The number of rotatable bonds is 2. The maximum atomic E-state index is 9.92. The Morgan fingerprint density at radius 2 is 1.67 bits per heavy atom. The standard InChI is InChI=1S/C17H16O/c1-14-10-12-16(13-11-14)17(18)9-5-8-15-6-3-2-4-7-15/h2-4,6-7,10-13,17-18H,8H2,1H3. The van der Waals surface area contributed by atoms with Crippen molar-refractivity contribution in [3.8, 4) is 11.8 Å². The Bertz CT molecular complexity index is 544. The van der Waals surface area contributed by atoms with Gasteiger partial charge >= 0.3 is 0 Å². The number of hydrogen-bond acceptors (Lipinski definition) is 1. The van der Waals surface area contributed by atoms with Gasteiger partial charge in [-0.25, -0.2) is 0 Å². The van der Waals surface area contributed by atoms with E-state index in [1.54, 1.807) is 0 Å². The average molecular weight is 236 g/mol. The minimum atomic E-state index is -0.700. The highest BCUT2D eigenvalue weighted by Crippen LogP contribution is 2.12. The van der Waals surface area contributed by atoms with Crippen molar-refractivity contribution in [1.29, 1.82) is 0 Å². The molecule has 0 saturated heterocycles. The molecular weight excluding hydrogens is 220 g/mol. The van der Waals surface area contributed by atoms with Gasteiger partial charge in [-0.15, -0.1) is 0 Å². The normalized spacial score (nSPS) is 11.4. The van der Waals surface area contributed by atoms with Gasteiger partial charge in [0.15, 0.2) is 0 Å². The van der Waals surface area contributed by atoms with Gasteiger partial charge in [-0.3, -0.25) is 0 Å². The molecule has 0 bridgehead atoms. The van der Waals surface area contributed by atoms with Gasteiger partial charge in [-0.2, -0.15) is 0 Å². The zero-order valence-corrected chi connectivity index (χ0v) is 10.4. The lowest BCUT2D eigenvalue weighted by Crippen LogP contribution is -1.93. The number of aliphatic hydroxyl groups is 1. The van der Waals surface area contributed by atoms with E-state index < -0.39 is 6.10 Å². The highest BCUT2D eigenvalue weighted by atomic mass is 16.3. The van der Waals surface area contributed by atoms with Gasteiger partial charge in [-0.05, 0) is 18.1 Å². The minimum Gasteiger partial charge on any atom is -0.376 e. The Balaban J connectivity index is 2.00. The van der Waals surface area contributed by atoms with Gasteiger partial charge in [0.05, 0.1) is 0 Å². The van der Waals surface area contributed by atoms with Crippen molar-refractivity contribution in [3.05, 3.63) is 71.3 Å². The van der Waals surface area contributed by atoms with E-state index in [-0.39, 0.29) is 0 Å². The van der Waals surface area contributed by atoms with Crippen LogP contribution < -0.4 is 0 Å². The maximum Gasteiger partial charge on any atom is 0.140 e. The monoisotopic (exact) mass is 236 g/mol. The highest BCUT2D eigenvalue weighted by Gasteiger charge is 2.01. The van der Waals surface area contributed by atoms with Crippen LogP contribution in [0.15, 0.2) is 54.6 Å². The Morgan fingerprint density at radius 3 is 2.33 bits per heavy atom. The highest BCUT2D eigenvalue weighted by molar-refractivity contribution is 5.29. The van der Waals surface area contributed by atoms with Crippen LogP contribution in [0.2, 0.25) is 0 Å². The summed E-state index contributed by atoms with van der Waals surface area (Å²) in [6.45, 7) is 2.03. The molecule has 18 heavy (non-hydrogen) atoms. The van der Waals surface area contributed by atoms with Crippen molar-refractivity contribution < 1.29 is 5.11 Å². The van der Waals surface area contributed by atoms with Crippen molar-refractivity contribution in [1.82, 2.24) is 0 Å². The number of aliphatic hydroxyl groups excluding tert-OH is 1. The van der Waals surface area contributed by atoms with Crippen LogP contribution in [0.4, 0.5) is 0 Å². The molecule has 0 heterocycles. The first kappa shape index (κ1) is 12.4. The van der Waals surface area contributed by atoms with Crippen LogP contribution >= 0.6 is 0 Å². The van der Waals surface area contributed by atoms with Gasteiger partial charge in [0.2, 0.25) is 0 Å². The summed E-state index contributed by atoms with van der Waals surface area (Å²) < 4.78 is 0. The molecule has 0 aliphatic rings. The average Bonchev–Trinajstić information content (AvgIpc) is 2.40. The summed E-state index contributed by atoms with van der Waals surface area (Å²) in [4.78, 5) is 0. The smallest absolute Gasteiger partial charge is 0.140 e. The van der Waals surface area contributed by atoms with E-state index >= 15 is 0 Å². The molecule has 0 spiro atoms. The number of hydrogen-bond donors (Lipinski definition) is 1. The van der Waals surface area contributed by atoms with Gasteiger partial charge < -0.3 is 5.11 Å². The molecule has 1 nitrogen and oxygen atoms in total. The van der Waals surface area contributed by atoms with Crippen LogP contribution in [0.25, 0.3) is 0 Å². The van der Waals surface area contributed by atoms with E-state index in [2.05, 4.69) is 11.8 Å². The minimum absolute atomic E-state index is 0.670. The van der Waals surface area contributed by atoms with Crippen LogP contribution in [0, 0.1) is 18.8 Å². The van der Waals surface area contributed by atoms with Crippen molar-refractivity contribution in [3.63, 3.8) is 0 Å². The molecule has 90 valence electrons. The second kappa shape index (κ2) is 6.05. The van der Waals surface area contributed by atoms with Crippen LogP contribution in [0.5, 0.6) is 0 Å². The molecule has 1 N–H and O–H groups in total. The summed E-state index contributed by atoms with van der Waals surface area (Å²) in [6.07, 6.45) is -0.0293. The Hall–Kier alpha value is -2.04. The molecule has 0 saturated carbocycles. The zero-order chi connectivity index (χ0) is 12.8. The maximum absolute atomic E-state index is 9.92. The molecule has 0 aliphatic carbocycles. The van der Waals surface area contributed by atoms with Crippen LogP contribution in [0.1, 0.15) is 22.8 Å². The molecule has 0 amide bonds. The predicted molar refractivity (Wildman–Crippen MR) is 74.1 cm³/mol. The van der Waals surface area contributed by atoms with E-state index in [0.29, 0.717) is 6.42 Å². The van der Waals surface area contributed by atoms with Crippen molar-refractivity contribution in [2.24, 2.45) is 0 Å². The Labute approximate surface area is 108 Å². The Kier molecular flexibility index (Phi) is 4.17. The van der Waals surface area contributed by atoms with Gasteiger partial charge in [-0.1, -0.05) is 72.0 Å². The van der Waals surface area contributed by atoms with Crippen LogP contribution in [-0.2, 0) is 6.42 Å².